The van der Waals surface area contributed by atoms with Crippen molar-refractivity contribution in [3.63, 3.8) is 0 Å². The maximum atomic E-state index is 4.51. The molecule has 0 aliphatic carbocycles. The summed E-state index contributed by atoms with van der Waals surface area (Å²) in [6.45, 7) is 6.00. The van der Waals surface area contributed by atoms with Gasteiger partial charge in [0.1, 0.15) is 0 Å². The summed E-state index contributed by atoms with van der Waals surface area (Å²) in [4.78, 5) is 10.2. The number of pyridine rings is 1. The molecule has 0 bridgehead atoms. The van der Waals surface area contributed by atoms with Crippen LogP contribution in [0.3, 0.4) is 0 Å². The molecule has 0 spiro atoms. The summed E-state index contributed by atoms with van der Waals surface area (Å²) in [7, 11) is 1.80. The van der Waals surface area contributed by atoms with E-state index in [-0.39, 0.29) is 5.41 Å². The third kappa shape index (κ3) is 4.17. The molecule has 0 saturated heterocycles. The van der Waals surface area contributed by atoms with Gasteiger partial charge in [-0.15, -0.1) is 11.3 Å². The van der Waals surface area contributed by atoms with Crippen LogP contribution in [0.2, 0.25) is 0 Å². The van der Waals surface area contributed by atoms with Crippen LogP contribution >= 0.6 is 11.3 Å². The van der Waals surface area contributed by atoms with Crippen molar-refractivity contribution in [2.75, 3.05) is 13.6 Å². The zero-order valence-electron chi connectivity index (χ0n) is 14.9. The fraction of sp³-hybridized carbons (Fsp3) is 0.300. The Labute approximate surface area is 153 Å². The van der Waals surface area contributed by atoms with E-state index < -0.39 is 0 Å². The van der Waals surface area contributed by atoms with Crippen molar-refractivity contribution < 1.29 is 0 Å². The van der Waals surface area contributed by atoms with E-state index in [4.69, 9.17) is 0 Å². The molecule has 0 saturated carbocycles. The van der Waals surface area contributed by atoms with E-state index in [1.54, 1.807) is 18.4 Å². The largest absolute Gasteiger partial charge is 0.356 e. The first-order chi connectivity index (χ1) is 12.1. The topological polar surface area (TPSA) is 49.3 Å². The molecule has 0 unspecified atom stereocenters. The Morgan fingerprint density at radius 3 is 2.72 bits per heavy atom. The zero-order chi connectivity index (χ0) is 17.7. The van der Waals surface area contributed by atoms with Gasteiger partial charge in [0.15, 0.2) is 5.96 Å². The molecule has 1 aromatic carbocycles. The van der Waals surface area contributed by atoms with Crippen LogP contribution < -0.4 is 10.6 Å². The lowest BCUT2D eigenvalue weighted by Gasteiger charge is -2.25. The van der Waals surface area contributed by atoms with Gasteiger partial charge in [-0.05, 0) is 23.1 Å². The van der Waals surface area contributed by atoms with Crippen LogP contribution in [0, 0.1) is 0 Å². The fourth-order valence-corrected chi connectivity index (χ4v) is 3.62. The lowest BCUT2D eigenvalue weighted by molar-refractivity contribution is 0.518. The van der Waals surface area contributed by atoms with Crippen LogP contribution in [0.4, 0.5) is 0 Å². The normalized spacial score (nSPS) is 12.4. The molecule has 0 atom stereocenters. The lowest BCUT2D eigenvalue weighted by atomic mass is 9.91. The minimum atomic E-state index is 0.0623. The number of aromatic nitrogens is 1. The summed E-state index contributed by atoms with van der Waals surface area (Å²) >= 11 is 1.79. The molecule has 3 rings (SSSR count). The van der Waals surface area contributed by atoms with Crippen LogP contribution in [-0.2, 0) is 12.0 Å². The number of nitrogens with zero attached hydrogens (tertiary/aromatic N) is 2. The van der Waals surface area contributed by atoms with E-state index in [9.17, 15) is 0 Å². The predicted molar refractivity (Wildman–Crippen MR) is 107 cm³/mol. The number of fused-ring (bicyclic) bond motifs is 1. The maximum absolute atomic E-state index is 4.51. The van der Waals surface area contributed by atoms with Gasteiger partial charge < -0.3 is 10.6 Å². The van der Waals surface area contributed by atoms with Crippen LogP contribution in [0.5, 0.6) is 0 Å². The van der Waals surface area contributed by atoms with Gasteiger partial charge in [0.2, 0.25) is 0 Å². The second kappa shape index (κ2) is 7.66. The fourth-order valence-electron chi connectivity index (χ4n) is 2.77. The molecule has 0 aliphatic rings. The molecule has 0 radical (unpaired) electrons. The quantitative estimate of drug-likeness (QED) is 0.540. The van der Waals surface area contributed by atoms with E-state index in [0.717, 1.165) is 23.4 Å². The minimum Gasteiger partial charge on any atom is -0.356 e. The lowest BCUT2D eigenvalue weighted by Crippen LogP contribution is -2.43. The van der Waals surface area contributed by atoms with Crippen molar-refractivity contribution in [2.45, 2.75) is 25.8 Å². The van der Waals surface area contributed by atoms with Crippen LogP contribution in [-0.4, -0.2) is 24.5 Å². The van der Waals surface area contributed by atoms with E-state index in [0.29, 0.717) is 6.54 Å². The summed E-state index contributed by atoms with van der Waals surface area (Å²) in [6.07, 6.45) is 1.84. The SMILES string of the molecule is CN=C(NCc1cccc2cccnc12)NCC(C)(C)c1cccs1. The molecule has 2 aromatic heterocycles. The van der Waals surface area contributed by atoms with Gasteiger partial charge in [0.05, 0.1) is 5.52 Å². The maximum Gasteiger partial charge on any atom is 0.191 e. The summed E-state index contributed by atoms with van der Waals surface area (Å²) in [5.41, 5.74) is 2.26. The smallest absolute Gasteiger partial charge is 0.191 e. The molecule has 130 valence electrons. The Morgan fingerprint density at radius 1 is 1.12 bits per heavy atom. The second-order valence-electron chi connectivity index (χ2n) is 6.63. The highest BCUT2D eigenvalue weighted by Crippen LogP contribution is 2.26. The average molecular weight is 353 g/mol. The van der Waals surface area contributed by atoms with Crippen molar-refractivity contribution >= 4 is 28.2 Å². The average Bonchev–Trinajstić information content (AvgIpc) is 3.17. The number of rotatable bonds is 5. The number of aliphatic imine (C=N–C) groups is 1. The third-order valence-corrected chi connectivity index (χ3v) is 5.51. The van der Waals surface area contributed by atoms with Gasteiger partial charge in [-0.2, -0.15) is 0 Å². The number of hydrogen-bond acceptors (Lipinski definition) is 3. The molecule has 0 aliphatic heterocycles. The number of thiophene rings is 1. The van der Waals surface area contributed by atoms with Crippen molar-refractivity contribution in [1.82, 2.24) is 15.6 Å². The van der Waals surface area contributed by atoms with Gasteiger partial charge in [0, 0.05) is 42.0 Å². The molecule has 2 N–H and O–H groups in total. The Hall–Kier alpha value is -2.40. The van der Waals surface area contributed by atoms with Crippen molar-refractivity contribution in [1.29, 1.82) is 0 Å². The van der Waals surface area contributed by atoms with E-state index >= 15 is 0 Å². The van der Waals surface area contributed by atoms with E-state index in [2.05, 4.69) is 76.2 Å². The minimum absolute atomic E-state index is 0.0623. The van der Waals surface area contributed by atoms with E-state index in [1.807, 2.05) is 12.3 Å². The van der Waals surface area contributed by atoms with Crippen LogP contribution in [0.25, 0.3) is 10.9 Å². The standard InChI is InChI=1S/C20H24N4S/c1-20(2,17-10-6-12-25-17)14-24-19(21-3)23-13-16-8-4-7-15-9-5-11-22-18(15)16/h4-12H,13-14H2,1-3H3,(H2,21,23,24). The highest BCUT2D eigenvalue weighted by atomic mass is 32.1. The molecule has 4 nitrogen and oxygen atoms in total. The number of hydrogen-bond donors (Lipinski definition) is 2. The highest BCUT2D eigenvalue weighted by Gasteiger charge is 2.21. The van der Waals surface area contributed by atoms with Gasteiger partial charge in [-0.1, -0.05) is 44.2 Å². The third-order valence-electron chi connectivity index (χ3n) is 4.27. The molecule has 3 aromatic rings. The molecule has 5 heteroatoms. The molecular formula is C20H24N4S. The Kier molecular flexibility index (Phi) is 5.34. The Morgan fingerprint density at radius 2 is 1.96 bits per heavy atom. The number of guanidine groups is 1. The van der Waals surface area contributed by atoms with Crippen LogP contribution in [0.1, 0.15) is 24.3 Å². The monoisotopic (exact) mass is 352 g/mol. The summed E-state index contributed by atoms with van der Waals surface area (Å²) in [6, 6.07) is 14.6. The van der Waals surface area contributed by atoms with Crippen molar-refractivity contribution in [3.8, 4) is 0 Å². The predicted octanol–water partition coefficient (Wildman–Crippen LogP) is 3.94. The Bertz CT molecular complexity index is 848. The van der Waals surface area contributed by atoms with Gasteiger partial charge in [-0.25, -0.2) is 0 Å². The van der Waals surface area contributed by atoms with Gasteiger partial charge in [0.25, 0.3) is 0 Å². The number of para-hydroxylation sites is 1. The highest BCUT2D eigenvalue weighted by molar-refractivity contribution is 7.10. The first-order valence-corrected chi connectivity index (χ1v) is 9.29. The first kappa shape index (κ1) is 17.4. The zero-order valence-corrected chi connectivity index (χ0v) is 15.7. The van der Waals surface area contributed by atoms with Gasteiger partial charge >= 0.3 is 0 Å². The molecule has 25 heavy (non-hydrogen) atoms. The molecule has 2 heterocycles. The molecule has 0 fully saturated rings. The number of nitrogens with one attached hydrogen (secondary N) is 2. The van der Waals surface area contributed by atoms with Gasteiger partial charge in [-0.3, -0.25) is 9.98 Å². The summed E-state index contributed by atoms with van der Waals surface area (Å²) in [5, 5.41) is 10.1. The first-order valence-electron chi connectivity index (χ1n) is 8.41. The summed E-state index contributed by atoms with van der Waals surface area (Å²) < 4.78 is 0. The Balaban J connectivity index is 1.63. The molecule has 0 amide bonds. The summed E-state index contributed by atoms with van der Waals surface area (Å²) in [5.74, 6) is 0.803. The number of benzene rings is 1. The van der Waals surface area contributed by atoms with E-state index in [1.165, 1.54) is 10.4 Å². The second-order valence-corrected chi connectivity index (χ2v) is 7.58. The molecular weight excluding hydrogens is 328 g/mol. The van der Waals surface area contributed by atoms with Crippen molar-refractivity contribution in [3.05, 3.63) is 64.5 Å². The van der Waals surface area contributed by atoms with Crippen molar-refractivity contribution in [2.24, 2.45) is 4.99 Å². The van der Waals surface area contributed by atoms with Crippen LogP contribution in [0.15, 0.2) is 59.0 Å².